The van der Waals surface area contributed by atoms with Crippen LogP contribution < -0.4 is 19.1 Å². The number of rotatable bonds is 4. The van der Waals surface area contributed by atoms with Gasteiger partial charge in [0.05, 0.1) is 4.90 Å². The second-order valence-corrected chi connectivity index (χ2v) is 7.56. The number of sulfonamides is 1. The Labute approximate surface area is 145 Å². The van der Waals surface area contributed by atoms with E-state index in [2.05, 4.69) is 19.8 Å². The van der Waals surface area contributed by atoms with E-state index in [1.807, 2.05) is 0 Å². The van der Waals surface area contributed by atoms with E-state index in [1.165, 1.54) is 12.1 Å². The first-order valence-electron chi connectivity index (χ1n) is 8.13. The Balaban J connectivity index is 1.52. The van der Waals surface area contributed by atoms with Crippen LogP contribution in [0.15, 0.2) is 35.2 Å². The minimum absolute atomic E-state index is 0.0853. The van der Waals surface area contributed by atoms with Crippen molar-refractivity contribution >= 4 is 21.7 Å². The molecule has 0 atom stereocenters. The van der Waals surface area contributed by atoms with Crippen LogP contribution in [0.1, 0.15) is 12.8 Å². The van der Waals surface area contributed by atoms with Crippen LogP contribution in [-0.2, 0) is 10.0 Å². The smallest absolute Gasteiger partial charge is 0.263 e. The van der Waals surface area contributed by atoms with Crippen molar-refractivity contribution in [2.24, 2.45) is 0 Å². The normalized spacial score (nSPS) is 16.7. The van der Waals surface area contributed by atoms with Gasteiger partial charge in [0, 0.05) is 19.2 Å². The fourth-order valence-corrected chi connectivity index (χ4v) is 3.89. The summed E-state index contributed by atoms with van der Waals surface area (Å²) in [6, 6.07) is 7.91. The quantitative estimate of drug-likeness (QED) is 0.884. The van der Waals surface area contributed by atoms with Gasteiger partial charge < -0.3 is 14.4 Å². The maximum Gasteiger partial charge on any atom is 0.263 e. The van der Waals surface area contributed by atoms with Crippen LogP contribution >= 0.6 is 0 Å². The van der Waals surface area contributed by atoms with E-state index in [-0.39, 0.29) is 10.7 Å². The highest BCUT2D eigenvalue weighted by Gasteiger charge is 2.20. The summed E-state index contributed by atoms with van der Waals surface area (Å²) in [6.45, 7) is 2.76. The monoisotopic (exact) mass is 362 g/mol. The fourth-order valence-electron chi connectivity index (χ4n) is 2.88. The van der Waals surface area contributed by atoms with Crippen LogP contribution in [-0.4, -0.2) is 44.9 Å². The lowest BCUT2D eigenvalue weighted by atomic mass is 10.3. The SMILES string of the molecule is O=S(=O)(Nc1ccc(N2CCCC2)nn1)c1ccc2c(c1)OCCO2. The number of ether oxygens (including phenoxy) is 2. The van der Waals surface area contributed by atoms with Crippen molar-refractivity contribution in [2.75, 3.05) is 35.9 Å². The van der Waals surface area contributed by atoms with Crippen molar-refractivity contribution in [3.63, 3.8) is 0 Å². The van der Waals surface area contributed by atoms with Gasteiger partial charge in [0.1, 0.15) is 13.2 Å². The van der Waals surface area contributed by atoms with Crippen molar-refractivity contribution in [3.8, 4) is 11.5 Å². The zero-order valence-corrected chi connectivity index (χ0v) is 14.3. The average molecular weight is 362 g/mol. The van der Waals surface area contributed by atoms with Crippen molar-refractivity contribution < 1.29 is 17.9 Å². The molecule has 2 aromatic rings. The number of nitrogens with zero attached hydrogens (tertiary/aromatic N) is 3. The van der Waals surface area contributed by atoms with E-state index in [9.17, 15) is 8.42 Å². The van der Waals surface area contributed by atoms with Crippen molar-refractivity contribution in [1.29, 1.82) is 0 Å². The van der Waals surface area contributed by atoms with Gasteiger partial charge in [-0.1, -0.05) is 0 Å². The number of benzene rings is 1. The minimum atomic E-state index is -3.78. The van der Waals surface area contributed by atoms with Gasteiger partial charge in [-0.15, -0.1) is 10.2 Å². The van der Waals surface area contributed by atoms with Crippen LogP contribution in [0.3, 0.4) is 0 Å². The van der Waals surface area contributed by atoms with Gasteiger partial charge in [0.15, 0.2) is 23.1 Å². The highest BCUT2D eigenvalue weighted by atomic mass is 32.2. The van der Waals surface area contributed by atoms with Crippen molar-refractivity contribution in [3.05, 3.63) is 30.3 Å². The van der Waals surface area contributed by atoms with Gasteiger partial charge in [-0.2, -0.15) is 0 Å². The highest BCUT2D eigenvalue weighted by molar-refractivity contribution is 7.92. The second-order valence-electron chi connectivity index (χ2n) is 5.88. The van der Waals surface area contributed by atoms with Gasteiger partial charge in [-0.25, -0.2) is 8.42 Å². The lowest BCUT2D eigenvalue weighted by Gasteiger charge is -2.19. The number of fused-ring (bicyclic) bond motifs is 1. The van der Waals surface area contributed by atoms with E-state index in [4.69, 9.17) is 9.47 Å². The molecule has 9 heteroatoms. The van der Waals surface area contributed by atoms with Crippen LogP contribution in [0.2, 0.25) is 0 Å². The van der Waals surface area contributed by atoms with Crippen LogP contribution in [0.4, 0.5) is 11.6 Å². The first kappa shape index (κ1) is 15.9. The average Bonchev–Trinajstić information content (AvgIpc) is 3.16. The maximum atomic E-state index is 12.5. The Morgan fingerprint density at radius 1 is 0.960 bits per heavy atom. The molecule has 2 aliphatic rings. The highest BCUT2D eigenvalue weighted by Crippen LogP contribution is 2.32. The molecule has 0 unspecified atom stereocenters. The summed E-state index contributed by atoms with van der Waals surface area (Å²) in [5.74, 6) is 1.90. The van der Waals surface area contributed by atoms with E-state index in [1.54, 1.807) is 18.2 Å². The fraction of sp³-hybridized carbons (Fsp3) is 0.375. The van der Waals surface area contributed by atoms with E-state index < -0.39 is 10.0 Å². The molecule has 1 aromatic heterocycles. The Kier molecular flexibility index (Phi) is 4.08. The second kappa shape index (κ2) is 6.40. The Morgan fingerprint density at radius 2 is 1.72 bits per heavy atom. The molecular formula is C16H18N4O4S. The van der Waals surface area contributed by atoms with Crippen molar-refractivity contribution in [2.45, 2.75) is 17.7 Å². The molecule has 1 N–H and O–H groups in total. The molecule has 1 fully saturated rings. The molecule has 2 aliphatic heterocycles. The number of anilines is 2. The molecule has 0 bridgehead atoms. The standard InChI is InChI=1S/C16H18N4O4S/c21-25(22,12-3-4-13-14(11-12)24-10-9-23-13)19-15-5-6-16(18-17-15)20-7-1-2-8-20/h3-6,11H,1-2,7-10H2,(H,17,19). The molecule has 3 heterocycles. The molecule has 0 radical (unpaired) electrons. The molecule has 4 rings (SSSR count). The predicted molar refractivity (Wildman–Crippen MR) is 91.7 cm³/mol. The summed E-state index contributed by atoms with van der Waals surface area (Å²) in [4.78, 5) is 2.22. The number of hydrogen-bond donors (Lipinski definition) is 1. The Morgan fingerprint density at radius 3 is 2.44 bits per heavy atom. The molecule has 0 saturated carbocycles. The molecule has 0 aliphatic carbocycles. The van der Waals surface area contributed by atoms with E-state index in [0.29, 0.717) is 24.7 Å². The molecule has 132 valence electrons. The summed E-state index contributed by atoms with van der Waals surface area (Å²) in [5.41, 5.74) is 0. The number of hydrogen-bond acceptors (Lipinski definition) is 7. The third-order valence-corrected chi connectivity index (χ3v) is 5.50. The first-order chi connectivity index (χ1) is 12.1. The third kappa shape index (κ3) is 3.32. The largest absolute Gasteiger partial charge is 0.486 e. The van der Waals surface area contributed by atoms with E-state index >= 15 is 0 Å². The first-order valence-corrected chi connectivity index (χ1v) is 9.61. The van der Waals surface area contributed by atoms with Crippen molar-refractivity contribution in [1.82, 2.24) is 10.2 Å². The molecule has 1 aromatic carbocycles. The number of aromatic nitrogens is 2. The van der Waals surface area contributed by atoms with E-state index in [0.717, 1.165) is 31.7 Å². The zero-order chi connectivity index (χ0) is 17.3. The molecule has 25 heavy (non-hydrogen) atoms. The predicted octanol–water partition coefficient (Wildman–Crippen LogP) is 1.65. The maximum absolute atomic E-state index is 12.5. The lowest BCUT2D eigenvalue weighted by molar-refractivity contribution is 0.171. The summed E-state index contributed by atoms with van der Waals surface area (Å²) >= 11 is 0. The number of nitrogens with one attached hydrogen (secondary N) is 1. The Hall–Kier alpha value is -2.55. The zero-order valence-electron chi connectivity index (χ0n) is 13.5. The van der Waals surface area contributed by atoms with Crippen LogP contribution in [0.25, 0.3) is 0 Å². The topological polar surface area (TPSA) is 93.7 Å². The minimum Gasteiger partial charge on any atom is -0.486 e. The molecular weight excluding hydrogens is 344 g/mol. The molecule has 8 nitrogen and oxygen atoms in total. The third-order valence-electron chi connectivity index (χ3n) is 4.14. The van der Waals surface area contributed by atoms with Gasteiger partial charge in [-0.05, 0) is 37.1 Å². The van der Waals surface area contributed by atoms with Crippen LogP contribution in [0, 0.1) is 0 Å². The van der Waals surface area contributed by atoms with Gasteiger partial charge in [0.2, 0.25) is 0 Å². The Bertz CT molecular complexity index is 864. The summed E-state index contributed by atoms with van der Waals surface area (Å²) in [6.07, 6.45) is 2.28. The van der Waals surface area contributed by atoms with Gasteiger partial charge >= 0.3 is 0 Å². The molecule has 0 spiro atoms. The summed E-state index contributed by atoms with van der Waals surface area (Å²) in [7, 11) is -3.78. The van der Waals surface area contributed by atoms with Gasteiger partial charge in [0.25, 0.3) is 10.0 Å². The van der Waals surface area contributed by atoms with Gasteiger partial charge in [-0.3, -0.25) is 4.72 Å². The lowest BCUT2D eigenvalue weighted by Crippen LogP contribution is -2.20. The summed E-state index contributed by atoms with van der Waals surface area (Å²) in [5, 5.41) is 8.10. The molecule has 1 saturated heterocycles. The summed E-state index contributed by atoms with van der Waals surface area (Å²) < 4.78 is 38.4. The van der Waals surface area contributed by atoms with Crippen LogP contribution in [0.5, 0.6) is 11.5 Å². The molecule has 0 amide bonds.